The van der Waals surface area contributed by atoms with Crippen molar-refractivity contribution in [1.82, 2.24) is 5.32 Å². The van der Waals surface area contributed by atoms with Crippen LogP contribution in [0, 0.1) is 10.1 Å². The third-order valence-corrected chi connectivity index (χ3v) is 4.76. The maximum absolute atomic E-state index is 12.3. The van der Waals surface area contributed by atoms with E-state index in [0.717, 1.165) is 5.56 Å². The minimum Gasteiger partial charge on any atom is -0.490 e. The van der Waals surface area contributed by atoms with Crippen molar-refractivity contribution in [3.63, 3.8) is 0 Å². The number of hydrogen-bond donors (Lipinski definition) is 2. The monoisotopic (exact) mass is 424 g/mol. The number of nitro groups is 1. The van der Waals surface area contributed by atoms with Gasteiger partial charge in [0.05, 0.1) is 23.2 Å². The maximum Gasteiger partial charge on any atom is 0.279 e. The zero-order valence-electron chi connectivity index (χ0n) is 17.5. The van der Waals surface area contributed by atoms with E-state index in [0.29, 0.717) is 23.6 Å². The van der Waals surface area contributed by atoms with Gasteiger partial charge in [-0.15, -0.1) is 0 Å². The quantitative estimate of drug-likeness (QED) is 0.491. The van der Waals surface area contributed by atoms with E-state index in [1.807, 2.05) is 30.3 Å². The van der Waals surface area contributed by atoms with Gasteiger partial charge < -0.3 is 20.5 Å². The van der Waals surface area contributed by atoms with Crippen molar-refractivity contribution >= 4 is 17.4 Å². The van der Waals surface area contributed by atoms with Gasteiger partial charge in [-0.2, -0.15) is 0 Å². The predicted octanol–water partition coefficient (Wildman–Crippen LogP) is 3.39. The van der Waals surface area contributed by atoms with Gasteiger partial charge in [0, 0.05) is 11.3 Å². The lowest BCUT2D eigenvalue weighted by molar-refractivity contribution is -0.385. The lowest BCUT2D eigenvalue weighted by atomic mass is 9.92. The maximum atomic E-state index is 12.3. The number of hydrogen-bond acceptors (Lipinski definition) is 8. The molecule has 0 aromatic heterocycles. The molecule has 3 rings (SSSR count). The molecule has 0 spiro atoms. The van der Waals surface area contributed by atoms with Gasteiger partial charge in [0.1, 0.15) is 12.6 Å². The minimum atomic E-state index is -0.929. The lowest BCUT2D eigenvalue weighted by Gasteiger charge is -2.24. The number of benzene rings is 2. The van der Waals surface area contributed by atoms with E-state index in [1.54, 1.807) is 13.8 Å². The first-order valence-electron chi connectivity index (χ1n) is 9.75. The number of ketones is 1. The summed E-state index contributed by atoms with van der Waals surface area (Å²) in [6, 6.07) is 11.3. The highest BCUT2D eigenvalue weighted by atomic mass is 16.6. The average Bonchev–Trinajstić information content (AvgIpc) is 2.72. The zero-order valence-corrected chi connectivity index (χ0v) is 17.5. The molecule has 0 radical (unpaired) electrons. The van der Waals surface area contributed by atoms with Crippen LogP contribution in [0.5, 0.6) is 11.5 Å². The Morgan fingerprint density at radius 3 is 2.52 bits per heavy atom. The number of nitrogens with two attached hydrogens (primary N) is 1. The first-order chi connectivity index (χ1) is 14.8. The topological polar surface area (TPSA) is 129 Å². The van der Waals surface area contributed by atoms with Crippen LogP contribution in [0.1, 0.15) is 37.9 Å². The van der Waals surface area contributed by atoms with E-state index < -0.39 is 11.0 Å². The fourth-order valence-electron chi connectivity index (χ4n) is 3.44. The molecule has 31 heavy (non-hydrogen) atoms. The van der Waals surface area contributed by atoms with Crippen LogP contribution in [0.15, 0.2) is 58.7 Å². The second kappa shape index (κ2) is 9.29. The molecule has 3 N–H and O–H groups in total. The number of rotatable bonds is 8. The van der Waals surface area contributed by atoms with Crippen molar-refractivity contribution in [2.75, 3.05) is 6.61 Å². The molecule has 162 valence electrons. The number of carbonyl (C=O) groups excluding carboxylic acids is 1. The largest absolute Gasteiger partial charge is 0.490 e. The van der Waals surface area contributed by atoms with Crippen LogP contribution in [0.2, 0.25) is 0 Å². The first kappa shape index (κ1) is 21.8. The van der Waals surface area contributed by atoms with Crippen LogP contribution >= 0.6 is 0 Å². The molecule has 0 bridgehead atoms. The highest BCUT2D eigenvalue weighted by Crippen LogP contribution is 2.42. The molecule has 0 amide bonds. The van der Waals surface area contributed by atoms with Gasteiger partial charge >= 0.3 is 0 Å². The van der Waals surface area contributed by atoms with Crippen LogP contribution in [0.4, 0.5) is 5.69 Å². The van der Waals surface area contributed by atoms with Gasteiger partial charge in [-0.1, -0.05) is 30.3 Å². The van der Waals surface area contributed by atoms with Gasteiger partial charge in [-0.3, -0.25) is 14.9 Å². The molecule has 1 aliphatic rings. The van der Waals surface area contributed by atoms with E-state index in [9.17, 15) is 14.9 Å². The average molecular weight is 424 g/mol. The highest BCUT2D eigenvalue weighted by Gasteiger charge is 2.33. The highest BCUT2D eigenvalue weighted by molar-refractivity contribution is 5.98. The van der Waals surface area contributed by atoms with Crippen LogP contribution in [-0.4, -0.2) is 23.3 Å². The smallest absolute Gasteiger partial charge is 0.279 e. The fourth-order valence-corrected chi connectivity index (χ4v) is 3.44. The molecule has 0 fully saturated rings. The summed E-state index contributed by atoms with van der Waals surface area (Å²) in [5, 5.41) is 14.7. The third kappa shape index (κ3) is 4.82. The first-order valence-corrected chi connectivity index (χ1v) is 9.75. The molecule has 2 aromatic carbocycles. The Kier molecular flexibility index (Phi) is 6.54. The number of carbonyl (C=O) groups is 1. The Balaban J connectivity index is 2.10. The molecule has 1 atom stereocenters. The molecular weight excluding hydrogens is 400 g/mol. The van der Waals surface area contributed by atoms with E-state index in [2.05, 4.69) is 10.3 Å². The second-order valence-electron chi connectivity index (χ2n) is 6.96. The molecule has 1 aliphatic heterocycles. The zero-order chi connectivity index (χ0) is 22.5. The summed E-state index contributed by atoms with van der Waals surface area (Å²) in [5.41, 5.74) is 7.53. The van der Waals surface area contributed by atoms with Crippen molar-refractivity contribution in [2.24, 2.45) is 10.7 Å². The minimum absolute atomic E-state index is 0.0733. The molecule has 0 unspecified atom stereocenters. The number of allylic oxidation sites excluding steroid dienone is 1. The van der Waals surface area contributed by atoms with E-state index in [-0.39, 0.29) is 35.4 Å². The van der Waals surface area contributed by atoms with Crippen LogP contribution in [0.25, 0.3) is 0 Å². The number of nitrogens with one attached hydrogen (secondary N) is 1. The van der Waals surface area contributed by atoms with Gasteiger partial charge in [-0.05, 0) is 32.4 Å². The number of Topliss-reactive ketones (excluding diaryl/α,β-unsaturated/α-hetero) is 1. The number of aliphatic imine (C=N–C) groups is 1. The second-order valence-corrected chi connectivity index (χ2v) is 6.96. The Labute approximate surface area is 179 Å². The molecule has 1 heterocycles. The van der Waals surface area contributed by atoms with E-state index in [1.165, 1.54) is 19.1 Å². The predicted molar refractivity (Wildman–Crippen MR) is 116 cm³/mol. The summed E-state index contributed by atoms with van der Waals surface area (Å²) in [4.78, 5) is 27.9. The van der Waals surface area contributed by atoms with Gasteiger partial charge in [-0.25, -0.2) is 4.99 Å². The standard InChI is InChI=1S/C22H24N4O5/c1-4-30-18-10-16(21-20(14(3)27)13(2)24-22(23)25-21)17(26(28)29)11-19(18)31-12-15-8-6-5-7-9-15/h5-11,21H,4,12H2,1-3H3,(H3,23,24,25)/t21-/m0/s1. The summed E-state index contributed by atoms with van der Waals surface area (Å²) in [6.07, 6.45) is 0. The van der Waals surface area contributed by atoms with Crippen molar-refractivity contribution in [3.05, 3.63) is 75.0 Å². The SMILES string of the molecule is CCOc1cc([C@@H]2N=C(N)NC(C)=C2C(C)=O)c([N+](=O)[O-])cc1OCc1ccccc1. The Hall–Kier alpha value is -3.88. The Bertz CT molecular complexity index is 1060. The molecule has 9 nitrogen and oxygen atoms in total. The van der Waals surface area contributed by atoms with E-state index in [4.69, 9.17) is 15.2 Å². The molecule has 0 saturated heterocycles. The summed E-state index contributed by atoms with van der Waals surface area (Å²) < 4.78 is 11.5. The third-order valence-electron chi connectivity index (χ3n) is 4.76. The van der Waals surface area contributed by atoms with Crippen LogP contribution < -0.4 is 20.5 Å². The fraction of sp³-hybridized carbons (Fsp3) is 0.273. The van der Waals surface area contributed by atoms with E-state index >= 15 is 0 Å². The molecule has 0 aliphatic carbocycles. The number of ether oxygens (including phenoxy) is 2. The Morgan fingerprint density at radius 1 is 1.23 bits per heavy atom. The van der Waals surface area contributed by atoms with Gasteiger partial charge in [0.25, 0.3) is 5.69 Å². The normalized spacial score (nSPS) is 15.7. The molecule has 0 saturated carbocycles. The molecule has 9 heteroatoms. The number of nitrogens with zero attached hydrogens (tertiary/aromatic N) is 2. The van der Waals surface area contributed by atoms with Gasteiger partial charge in [0.2, 0.25) is 0 Å². The van der Waals surface area contributed by atoms with Crippen LogP contribution in [-0.2, 0) is 11.4 Å². The van der Waals surface area contributed by atoms with Crippen molar-refractivity contribution < 1.29 is 19.2 Å². The summed E-state index contributed by atoms with van der Waals surface area (Å²) in [7, 11) is 0. The summed E-state index contributed by atoms with van der Waals surface area (Å²) in [6.45, 7) is 5.40. The Morgan fingerprint density at radius 2 is 1.90 bits per heavy atom. The van der Waals surface area contributed by atoms with Crippen molar-refractivity contribution in [3.8, 4) is 11.5 Å². The van der Waals surface area contributed by atoms with Crippen molar-refractivity contribution in [2.45, 2.75) is 33.4 Å². The van der Waals surface area contributed by atoms with Gasteiger partial charge in [0.15, 0.2) is 23.2 Å². The lowest BCUT2D eigenvalue weighted by Crippen LogP contribution is -2.36. The summed E-state index contributed by atoms with van der Waals surface area (Å²) >= 11 is 0. The molecule has 2 aromatic rings. The van der Waals surface area contributed by atoms with Crippen molar-refractivity contribution in [1.29, 1.82) is 0 Å². The molecular formula is C22H24N4O5. The summed E-state index contributed by atoms with van der Waals surface area (Å²) in [5.74, 6) is 0.371. The number of nitro benzene ring substituents is 1. The van der Waals surface area contributed by atoms with Crippen LogP contribution in [0.3, 0.4) is 0 Å². The number of guanidine groups is 1.